The minimum absolute atomic E-state index is 0.103. The summed E-state index contributed by atoms with van der Waals surface area (Å²) in [6, 6.07) is 14.4. The monoisotopic (exact) mass is 425 g/mol. The molecular weight excluding hydrogens is 402 g/mol. The summed E-state index contributed by atoms with van der Waals surface area (Å²) in [4.78, 5) is 23.8. The van der Waals surface area contributed by atoms with Gasteiger partial charge in [-0.05, 0) is 38.1 Å². The Balaban J connectivity index is 1.60. The molecule has 3 aromatic rings. The third-order valence-corrected chi connectivity index (χ3v) is 5.39. The summed E-state index contributed by atoms with van der Waals surface area (Å²) in [5.74, 6) is 0.628. The number of para-hydroxylation sites is 1. The lowest BCUT2D eigenvalue weighted by molar-refractivity contribution is -0.113. The number of ether oxygens (including phenoxy) is 1. The number of benzene rings is 2. The summed E-state index contributed by atoms with van der Waals surface area (Å²) < 4.78 is 7.73. The van der Waals surface area contributed by atoms with Crippen molar-refractivity contribution in [1.29, 1.82) is 0 Å². The van der Waals surface area contributed by atoms with Crippen LogP contribution in [0.3, 0.4) is 0 Å². The number of nitrogens with one attached hydrogen (secondary N) is 1. The molecule has 0 saturated heterocycles. The molecule has 3 rings (SSSR count). The molecule has 0 fully saturated rings. The van der Waals surface area contributed by atoms with Crippen LogP contribution < -0.4 is 15.8 Å². The number of amides is 2. The van der Waals surface area contributed by atoms with Crippen molar-refractivity contribution >= 4 is 29.3 Å². The predicted molar refractivity (Wildman–Crippen MR) is 116 cm³/mol. The summed E-state index contributed by atoms with van der Waals surface area (Å²) >= 11 is 1.24. The molecule has 1 atom stereocenters. The molecule has 0 bridgehead atoms. The molecule has 0 aliphatic heterocycles. The van der Waals surface area contributed by atoms with Crippen molar-refractivity contribution in [3.63, 3.8) is 0 Å². The van der Waals surface area contributed by atoms with Crippen LogP contribution in [0.5, 0.6) is 5.75 Å². The Bertz CT molecular complexity index is 1050. The largest absolute Gasteiger partial charge is 0.483 e. The van der Waals surface area contributed by atoms with Crippen molar-refractivity contribution in [1.82, 2.24) is 14.8 Å². The Morgan fingerprint density at radius 3 is 2.57 bits per heavy atom. The third kappa shape index (κ3) is 5.18. The lowest BCUT2D eigenvalue weighted by Gasteiger charge is -2.14. The Hall–Kier alpha value is -3.33. The molecule has 0 radical (unpaired) electrons. The Kier molecular flexibility index (Phi) is 6.73. The first kappa shape index (κ1) is 21.4. The lowest BCUT2D eigenvalue weighted by Crippen LogP contribution is -2.19. The van der Waals surface area contributed by atoms with Gasteiger partial charge in [-0.25, -0.2) is 0 Å². The molecule has 30 heavy (non-hydrogen) atoms. The maximum Gasteiger partial charge on any atom is 0.250 e. The highest BCUT2D eigenvalue weighted by atomic mass is 32.2. The number of hydrogen-bond acceptors (Lipinski definition) is 6. The van der Waals surface area contributed by atoms with Gasteiger partial charge in [0.1, 0.15) is 5.75 Å². The molecule has 0 aliphatic carbocycles. The van der Waals surface area contributed by atoms with Crippen molar-refractivity contribution in [2.45, 2.75) is 25.1 Å². The van der Waals surface area contributed by atoms with Gasteiger partial charge in [-0.2, -0.15) is 0 Å². The maximum atomic E-state index is 12.3. The van der Waals surface area contributed by atoms with Crippen molar-refractivity contribution in [2.24, 2.45) is 12.8 Å². The SMILES string of the molecule is Cc1ccc(OC(C)c2nnc(SCC(=O)Nc3ccccc3C(N)=O)n2C)cc1. The fourth-order valence-electron chi connectivity index (χ4n) is 2.80. The zero-order valence-electron chi connectivity index (χ0n) is 17.0. The summed E-state index contributed by atoms with van der Waals surface area (Å²) in [6.45, 7) is 3.91. The molecule has 8 nitrogen and oxygen atoms in total. The Morgan fingerprint density at radius 2 is 1.87 bits per heavy atom. The molecule has 156 valence electrons. The van der Waals surface area contributed by atoms with E-state index in [0.717, 1.165) is 11.3 Å². The zero-order valence-corrected chi connectivity index (χ0v) is 17.8. The van der Waals surface area contributed by atoms with Crippen LogP contribution in [-0.4, -0.2) is 32.3 Å². The predicted octanol–water partition coefficient (Wildman–Crippen LogP) is 3.09. The summed E-state index contributed by atoms with van der Waals surface area (Å²) in [6.07, 6.45) is -0.309. The average Bonchev–Trinajstić information content (AvgIpc) is 3.09. The maximum absolute atomic E-state index is 12.3. The standard InChI is InChI=1S/C21H23N5O3S/c1-13-8-10-15(11-9-13)29-14(2)20-24-25-21(26(20)3)30-12-18(27)23-17-7-5-4-6-16(17)19(22)28/h4-11,14H,12H2,1-3H3,(H2,22,28)(H,23,27). The first-order valence-corrected chi connectivity index (χ1v) is 10.3. The van der Waals surface area contributed by atoms with Crippen molar-refractivity contribution < 1.29 is 14.3 Å². The van der Waals surface area contributed by atoms with E-state index in [1.165, 1.54) is 11.8 Å². The number of aryl methyl sites for hydroxylation is 1. The van der Waals surface area contributed by atoms with Crippen LogP contribution >= 0.6 is 11.8 Å². The second-order valence-electron chi connectivity index (χ2n) is 6.72. The molecule has 0 saturated carbocycles. The van der Waals surface area contributed by atoms with Gasteiger partial charge in [0.25, 0.3) is 5.91 Å². The average molecular weight is 426 g/mol. The molecule has 2 aromatic carbocycles. The minimum atomic E-state index is -0.598. The van der Waals surface area contributed by atoms with E-state index in [0.29, 0.717) is 16.7 Å². The van der Waals surface area contributed by atoms with Gasteiger partial charge in [0.05, 0.1) is 17.0 Å². The fraction of sp³-hybridized carbons (Fsp3) is 0.238. The number of thioether (sulfide) groups is 1. The number of aromatic nitrogens is 3. The van der Waals surface area contributed by atoms with Gasteiger partial charge in [0, 0.05) is 7.05 Å². The van der Waals surface area contributed by atoms with Crippen LogP contribution in [0.4, 0.5) is 5.69 Å². The normalized spacial score (nSPS) is 11.7. The number of carbonyl (C=O) groups is 2. The first-order chi connectivity index (χ1) is 14.3. The van der Waals surface area contributed by atoms with E-state index in [4.69, 9.17) is 10.5 Å². The summed E-state index contributed by atoms with van der Waals surface area (Å²) in [5, 5.41) is 11.7. The second kappa shape index (κ2) is 9.45. The van der Waals surface area contributed by atoms with Gasteiger partial charge in [-0.15, -0.1) is 10.2 Å². The van der Waals surface area contributed by atoms with E-state index in [1.807, 2.05) is 45.2 Å². The molecule has 1 unspecified atom stereocenters. The van der Waals surface area contributed by atoms with Gasteiger partial charge in [-0.3, -0.25) is 9.59 Å². The van der Waals surface area contributed by atoms with Gasteiger partial charge in [0.2, 0.25) is 5.91 Å². The van der Waals surface area contributed by atoms with Crippen LogP contribution in [0.1, 0.15) is 34.8 Å². The van der Waals surface area contributed by atoms with Crippen molar-refractivity contribution in [2.75, 3.05) is 11.1 Å². The van der Waals surface area contributed by atoms with Crippen LogP contribution in [-0.2, 0) is 11.8 Å². The smallest absolute Gasteiger partial charge is 0.250 e. The van der Waals surface area contributed by atoms with Crippen LogP contribution in [0.15, 0.2) is 53.7 Å². The number of rotatable bonds is 8. The van der Waals surface area contributed by atoms with E-state index in [-0.39, 0.29) is 23.3 Å². The van der Waals surface area contributed by atoms with Crippen LogP contribution in [0.25, 0.3) is 0 Å². The minimum Gasteiger partial charge on any atom is -0.483 e. The highest BCUT2D eigenvalue weighted by Crippen LogP contribution is 2.24. The van der Waals surface area contributed by atoms with Crippen molar-refractivity contribution in [3.05, 3.63) is 65.5 Å². The van der Waals surface area contributed by atoms with E-state index in [9.17, 15) is 9.59 Å². The number of nitrogens with two attached hydrogens (primary N) is 1. The molecule has 0 spiro atoms. The van der Waals surface area contributed by atoms with Crippen LogP contribution in [0, 0.1) is 6.92 Å². The van der Waals surface area contributed by atoms with E-state index in [2.05, 4.69) is 15.5 Å². The molecule has 0 aliphatic rings. The number of carbonyl (C=O) groups excluding carboxylic acids is 2. The molecule has 1 heterocycles. The fourth-order valence-corrected chi connectivity index (χ4v) is 3.52. The number of hydrogen-bond donors (Lipinski definition) is 2. The highest BCUT2D eigenvalue weighted by molar-refractivity contribution is 7.99. The van der Waals surface area contributed by atoms with E-state index >= 15 is 0 Å². The zero-order chi connectivity index (χ0) is 21.7. The first-order valence-electron chi connectivity index (χ1n) is 9.29. The van der Waals surface area contributed by atoms with Gasteiger partial charge in [0.15, 0.2) is 17.1 Å². The summed E-state index contributed by atoms with van der Waals surface area (Å²) in [5.41, 5.74) is 7.14. The summed E-state index contributed by atoms with van der Waals surface area (Å²) in [7, 11) is 1.83. The molecule has 2 amide bonds. The van der Waals surface area contributed by atoms with E-state index < -0.39 is 5.91 Å². The molecule has 3 N–H and O–H groups in total. The molecule has 9 heteroatoms. The van der Waals surface area contributed by atoms with Gasteiger partial charge in [-0.1, -0.05) is 41.6 Å². The Labute approximate surface area is 178 Å². The van der Waals surface area contributed by atoms with E-state index in [1.54, 1.807) is 28.8 Å². The van der Waals surface area contributed by atoms with Crippen molar-refractivity contribution in [3.8, 4) is 5.75 Å². The quantitative estimate of drug-likeness (QED) is 0.536. The highest BCUT2D eigenvalue weighted by Gasteiger charge is 2.18. The Morgan fingerprint density at radius 1 is 1.17 bits per heavy atom. The second-order valence-corrected chi connectivity index (χ2v) is 7.66. The number of primary amides is 1. The van der Waals surface area contributed by atoms with Gasteiger partial charge >= 0.3 is 0 Å². The van der Waals surface area contributed by atoms with Crippen LogP contribution in [0.2, 0.25) is 0 Å². The molecule has 1 aromatic heterocycles. The third-order valence-electron chi connectivity index (χ3n) is 4.37. The number of anilines is 1. The van der Waals surface area contributed by atoms with Gasteiger partial charge < -0.3 is 20.4 Å². The topological polar surface area (TPSA) is 112 Å². The lowest BCUT2D eigenvalue weighted by atomic mass is 10.1. The molecular formula is C21H23N5O3S. The number of nitrogens with zero attached hydrogens (tertiary/aromatic N) is 3.